The highest BCUT2D eigenvalue weighted by Gasteiger charge is 2.43. The first-order chi connectivity index (χ1) is 15.6. The van der Waals surface area contributed by atoms with Crippen molar-refractivity contribution in [2.75, 3.05) is 37.4 Å². The first kappa shape index (κ1) is 22.3. The van der Waals surface area contributed by atoms with Crippen LogP contribution in [0.5, 0.6) is 0 Å². The number of nitriles is 1. The molecule has 2 fully saturated rings. The summed E-state index contributed by atoms with van der Waals surface area (Å²) in [6.45, 7) is 2.05. The van der Waals surface area contributed by atoms with E-state index in [9.17, 15) is 9.65 Å². The molecule has 4 rings (SSSR count). The summed E-state index contributed by atoms with van der Waals surface area (Å²) in [5.74, 6) is 0.213. The molecule has 0 radical (unpaired) electrons. The summed E-state index contributed by atoms with van der Waals surface area (Å²) in [5.41, 5.74) is 0.178. The predicted molar refractivity (Wildman–Crippen MR) is 118 cm³/mol. The Hall–Kier alpha value is -2.90. The summed E-state index contributed by atoms with van der Waals surface area (Å²) in [7, 11) is 1.70. The molecule has 2 saturated carbocycles. The number of aromatic nitrogens is 4. The van der Waals surface area contributed by atoms with Crippen molar-refractivity contribution >= 4 is 11.9 Å². The van der Waals surface area contributed by atoms with Gasteiger partial charge in [-0.25, -0.2) is 24.3 Å². The first-order valence-corrected chi connectivity index (χ1v) is 11.1. The van der Waals surface area contributed by atoms with Crippen LogP contribution in [-0.2, 0) is 4.74 Å². The molecule has 0 spiro atoms. The van der Waals surface area contributed by atoms with Crippen LogP contribution in [0.3, 0.4) is 0 Å². The van der Waals surface area contributed by atoms with Gasteiger partial charge in [0.2, 0.25) is 11.9 Å². The van der Waals surface area contributed by atoms with Crippen LogP contribution in [-0.4, -0.2) is 58.8 Å². The number of nitrogens with one attached hydrogen (secondary N) is 3. The Balaban J connectivity index is 1.37. The fourth-order valence-electron chi connectivity index (χ4n) is 3.91. The Labute approximate surface area is 187 Å². The molecule has 3 N–H and O–H groups in total. The molecular formula is C22H29FN8O. The van der Waals surface area contributed by atoms with Crippen LogP contribution in [0.25, 0.3) is 11.4 Å². The van der Waals surface area contributed by atoms with Gasteiger partial charge in [-0.1, -0.05) is 0 Å². The summed E-state index contributed by atoms with van der Waals surface area (Å²) >= 11 is 0. The molecule has 2 aliphatic rings. The molecular weight excluding hydrogens is 411 g/mol. The SMILES string of the molecule is COCCNC1CCC(Nc2ncc(F)c(-c3ccnc(NCC4(C#N)CC4)n3)n2)CC1. The van der Waals surface area contributed by atoms with E-state index in [1.54, 1.807) is 19.4 Å². The molecule has 0 saturated heterocycles. The van der Waals surface area contributed by atoms with Crippen molar-refractivity contribution in [3.63, 3.8) is 0 Å². The third-order valence-corrected chi connectivity index (χ3v) is 6.12. The summed E-state index contributed by atoms with van der Waals surface area (Å²) in [6, 6.07) is 4.69. The molecule has 0 bridgehead atoms. The second-order valence-corrected chi connectivity index (χ2v) is 8.54. The molecule has 2 aromatic heterocycles. The number of hydrogen-bond acceptors (Lipinski definition) is 9. The molecule has 0 unspecified atom stereocenters. The highest BCUT2D eigenvalue weighted by molar-refractivity contribution is 5.57. The maximum atomic E-state index is 14.5. The lowest BCUT2D eigenvalue weighted by atomic mass is 9.91. The Morgan fingerprint density at radius 3 is 2.66 bits per heavy atom. The molecule has 0 aromatic carbocycles. The van der Waals surface area contributed by atoms with Crippen molar-refractivity contribution in [3.8, 4) is 17.5 Å². The molecule has 0 amide bonds. The van der Waals surface area contributed by atoms with Crippen LogP contribution < -0.4 is 16.0 Å². The van der Waals surface area contributed by atoms with Crippen LogP contribution in [0.15, 0.2) is 18.5 Å². The van der Waals surface area contributed by atoms with Crippen LogP contribution in [0, 0.1) is 22.6 Å². The van der Waals surface area contributed by atoms with Gasteiger partial charge in [0, 0.05) is 38.5 Å². The van der Waals surface area contributed by atoms with Gasteiger partial charge in [0.15, 0.2) is 5.82 Å². The van der Waals surface area contributed by atoms with Crippen LogP contribution in [0.2, 0.25) is 0 Å². The smallest absolute Gasteiger partial charge is 0.223 e. The highest BCUT2D eigenvalue weighted by Crippen LogP contribution is 2.44. The van der Waals surface area contributed by atoms with Crippen LogP contribution >= 0.6 is 0 Å². The molecule has 0 atom stereocenters. The number of methoxy groups -OCH3 is 1. The molecule has 0 aliphatic heterocycles. The van der Waals surface area contributed by atoms with Gasteiger partial charge in [-0.2, -0.15) is 5.26 Å². The lowest BCUT2D eigenvalue weighted by molar-refractivity contribution is 0.191. The normalized spacial score (nSPS) is 21.5. The van der Waals surface area contributed by atoms with Gasteiger partial charge in [-0.15, -0.1) is 0 Å². The first-order valence-electron chi connectivity index (χ1n) is 11.1. The zero-order chi connectivity index (χ0) is 22.4. The van der Waals surface area contributed by atoms with Gasteiger partial charge >= 0.3 is 0 Å². The number of hydrogen-bond donors (Lipinski definition) is 3. The van der Waals surface area contributed by atoms with E-state index in [2.05, 4.69) is 42.0 Å². The van der Waals surface area contributed by atoms with Gasteiger partial charge in [-0.3, -0.25) is 0 Å². The number of anilines is 2. The predicted octanol–water partition coefficient (Wildman–Crippen LogP) is 2.75. The van der Waals surface area contributed by atoms with E-state index in [-0.39, 0.29) is 17.2 Å². The van der Waals surface area contributed by atoms with Crippen molar-refractivity contribution in [2.24, 2.45) is 5.41 Å². The average molecular weight is 441 g/mol. The van der Waals surface area contributed by atoms with Crippen molar-refractivity contribution in [1.82, 2.24) is 25.3 Å². The van der Waals surface area contributed by atoms with E-state index >= 15 is 0 Å². The summed E-state index contributed by atoms with van der Waals surface area (Å²) in [4.78, 5) is 17.1. The Kier molecular flexibility index (Phi) is 7.07. The van der Waals surface area contributed by atoms with Crippen LogP contribution in [0.4, 0.5) is 16.3 Å². The van der Waals surface area contributed by atoms with E-state index in [1.807, 2.05) is 0 Å². The van der Waals surface area contributed by atoms with Crippen molar-refractivity contribution < 1.29 is 9.13 Å². The number of ether oxygens (including phenoxy) is 1. The molecule has 9 nitrogen and oxygen atoms in total. The fraction of sp³-hybridized carbons (Fsp3) is 0.591. The zero-order valence-electron chi connectivity index (χ0n) is 18.3. The minimum absolute atomic E-state index is 0.129. The Morgan fingerprint density at radius 2 is 1.94 bits per heavy atom. The monoisotopic (exact) mass is 440 g/mol. The standard InChI is InChI=1S/C22H29FN8O/c1-32-11-10-25-15-2-4-16(5-3-15)29-21-27-12-17(23)19(31-21)18-6-9-26-20(30-18)28-14-22(13-24)7-8-22/h6,9,12,15-16,25H,2-5,7-8,10-11,14H2,1H3,(H,26,28,30)(H,27,29,31). The summed E-state index contributed by atoms with van der Waals surface area (Å²) in [6.07, 6.45) is 8.57. The van der Waals surface area contributed by atoms with Gasteiger partial charge in [0.25, 0.3) is 0 Å². The third kappa shape index (κ3) is 5.66. The maximum Gasteiger partial charge on any atom is 0.223 e. The zero-order valence-corrected chi connectivity index (χ0v) is 18.3. The second kappa shape index (κ2) is 10.1. The largest absolute Gasteiger partial charge is 0.383 e. The summed E-state index contributed by atoms with van der Waals surface area (Å²) in [5, 5.41) is 19.2. The lowest BCUT2D eigenvalue weighted by Crippen LogP contribution is -2.38. The quantitative estimate of drug-likeness (QED) is 0.479. The van der Waals surface area contributed by atoms with E-state index in [0.29, 0.717) is 36.8 Å². The number of rotatable bonds is 10. The third-order valence-electron chi connectivity index (χ3n) is 6.12. The lowest BCUT2D eigenvalue weighted by Gasteiger charge is -2.29. The van der Waals surface area contributed by atoms with Crippen molar-refractivity contribution in [2.45, 2.75) is 50.6 Å². The number of nitrogens with zero attached hydrogens (tertiary/aromatic N) is 5. The van der Waals surface area contributed by atoms with Gasteiger partial charge in [0.1, 0.15) is 5.69 Å². The van der Waals surface area contributed by atoms with Crippen molar-refractivity contribution in [3.05, 3.63) is 24.3 Å². The molecule has 2 heterocycles. The van der Waals surface area contributed by atoms with E-state index in [4.69, 9.17) is 4.74 Å². The minimum atomic E-state index is -0.540. The van der Waals surface area contributed by atoms with E-state index < -0.39 is 5.82 Å². The molecule has 2 aromatic rings. The molecule has 170 valence electrons. The maximum absolute atomic E-state index is 14.5. The average Bonchev–Trinajstić information content (AvgIpc) is 3.61. The molecule has 2 aliphatic carbocycles. The fourth-order valence-corrected chi connectivity index (χ4v) is 3.91. The topological polar surface area (TPSA) is 121 Å². The van der Waals surface area contributed by atoms with Crippen LogP contribution in [0.1, 0.15) is 38.5 Å². The van der Waals surface area contributed by atoms with Gasteiger partial charge in [-0.05, 0) is 44.6 Å². The highest BCUT2D eigenvalue weighted by atomic mass is 19.1. The van der Waals surface area contributed by atoms with E-state index in [0.717, 1.165) is 45.1 Å². The number of halogens is 1. The second-order valence-electron chi connectivity index (χ2n) is 8.54. The van der Waals surface area contributed by atoms with Crippen molar-refractivity contribution in [1.29, 1.82) is 5.26 Å². The Morgan fingerprint density at radius 1 is 1.16 bits per heavy atom. The van der Waals surface area contributed by atoms with Gasteiger partial charge in [0.05, 0.1) is 30.0 Å². The minimum Gasteiger partial charge on any atom is -0.383 e. The molecule has 32 heavy (non-hydrogen) atoms. The van der Waals surface area contributed by atoms with E-state index in [1.165, 1.54) is 6.20 Å². The Bertz CT molecular complexity index is 953. The van der Waals surface area contributed by atoms with Gasteiger partial charge < -0.3 is 20.7 Å². The molecule has 10 heteroatoms. The summed E-state index contributed by atoms with van der Waals surface area (Å²) < 4.78 is 19.6.